The highest BCUT2D eigenvalue weighted by Crippen LogP contribution is 2.14. The van der Waals surface area contributed by atoms with Gasteiger partial charge in [0.05, 0.1) is 18.4 Å². The number of hydrogen-bond acceptors (Lipinski definition) is 2. The Morgan fingerprint density at radius 1 is 1.44 bits per heavy atom. The van der Waals surface area contributed by atoms with Gasteiger partial charge in [0.2, 0.25) is 0 Å². The van der Waals surface area contributed by atoms with Crippen molar-refractivity contribution < 1.29 is 18.7 Å². The molecule has 0 radical (unpaired) electrons. The van der Waals surface area contributed by atoms with Gasteiger partial charge in [-0.25, -0.2) is 8.78 Å². The van der Waals surface area contributed by atoms with E-state index in [4.69, 9.17) is 10.4 Å². The van der Waals surface area contributed by atoms with Crippen LogP contribution in [0.4, 0.5) is 8.78 Å². The Bertz CT molecular complexity index is 440. The molecule has 0 aliphatic carbocycles. The van der Waals surface area contributed by atoms with Gasteiger partial charge in [0.15, 0.2) is 11.6 Å². The summed E-state index contributed by atoms with van der Waals surface area (Å²) in [5.74, 6) is -3.78. The van der Waals surface area contributed by atoms with Gasteiger partial charge in [-0.2, -0.15) is 5.26 Å². The van der Waals surface area contributed by atoms with Crippen LogP contribution >= 0.6 is 0 Å². The van der Waals surface area contributed by atoms with Crippen molar-refractivity contribution in [3.05, 3.63) is 35.4 Å². The fraction of sp³-hybridized carbons (Fsp3) is 0.273. The number of benzene rings is 1. The molecule has 0 amide bonds. The molecule has 0 aliphatic heterocycles. The van der Waals surface area contributed by atoms with Crippen LogP contribution in [-0.4, -0.2) is 11.1 Å². The van der Waals surface area contributed by atoms with Gasteiger partial charge in [0.25, 0.3) is 0 Å². The number of nitrogens with zero attached hydrogens (tertiary/aromatic N) is 1. The van der Waals surface area contributed by atoms with E-state index in [0.717, 1.165) is 12.1 Å². The zero-order valence-corrected chi connectivity index (χ0v) is 8.28. The van der Waals surface area contributed by atoms with Crippen LogP contribution in [0, 0.1) is 28.9 Å². The summed E-state index contributed by atoms with van der Waals surface area (Å²) in [6.07, 6.45) is -0.213. The van der Waals surface area contributed by atoms with Crippen LogP contribution in [0.5, 0.6) is 0 Å². The summed E-state index contributed by atoms with van der Waals surface area (Å²) in [5, 5.41) is 17.2. The predicted octanol–water partition coefficient (Wildman–Crippen LogP) is 2.12. The second-order valence-corrected chi connectivity index (χ2v) is 3.38. The quantitative estimate of drug-likeness (QED) is 0.853. The molecule has 1 N–H and O–H groups in total. The maximum atomic E-state index is 12.8. The Morgan fingerprint density at radius 3 is 2.62 bits per heavy atom. The largest absolute Gasteiger partial charge is 0.481 e. The molecule has 0 heterocycles. The summed E-state index contributed by atoms with van der Waals surface area (Å²) in [6.45, 7) is 0. The van der Waals surface area contributed by atoms with Gasteiger partial charge in [-0.05, 0) is 24.1 Å². The molecule has 0 aliphatic rings. The van der Waals surface area contributed by atoms with Crippen molar-refractivity contribution in [1.29, 1.82) is 5.26 Å². The molecule has 1 aromatic carbocycles. The molecule has 84 valence electrons. The molecule has 0 fully saturated rings. The molecule has 3 nitrogen and oxygen atoms in total. The lowest BCUT2D eigenvalue weighted by molar-refractivity contribution is -0.137. The molecule has 16 heavy (non-hydrogen) atoms. The first-order valence-electron chi connectivity index (χ1n) is 4.58. The number of nitriles is 1. The lowest BCUT2D eigenvalue weighted by Gasteiger charge is -2.06. The number of hydrogen-bond donors (Lipinski definition) is 1. The Labute approximate surface area is 90.9 Å². The SMILES string of the molecule is N#CC(CC(=O)O)Cc1ccc(F)c(F)c1. The van der Waals surface area contributed by atoms with Crippen molar-refractivity contribution in [2.24, 2.45) is 5.92 Å². The van der Waals surface area contributed by atoms with E-state index in [2.05, 4.69) is 0 Å². The highest BCUT2D eigenvalue weighted by atomic mass is 19.2. The Morgan fingerprint density at radius 2 is 2.12 bits per heavy atom. The Kier molecular flexibility index (Phi) is 3.95. The van der Waals surface area contributed by atoms with Gasteiger partial charge in [0, 0.05) is 0 Å². The summed E-state index contributed by atoms with van der Waals surface area (Å²) >= 11 is 0. The molecule has 0 bridgehead atoms. The summed E-state index contributed by atoms with van der Waals surface area (Å²) in [5.41, 5.74) is 0.409. The maximum absolute atomic E-state index is 12.8. The monoisotopic (exact) mass is 225 g/mol. The summed E-state index contributed by atoms with van der Waals surface area (Å²) in [7, 11) is 0. The number of aliphatic carboxylic acids is 1. The lowest BCUT2D eigenvalue weighted by Crippen LogP contribution is -2.09. The summed E-state index contributed by atoms with van der Waals surface area (Å²) in [6, 6.07) is 5.09. The van der Waals surface area contributed by atoms with Gasteiger partial charge in [-0.1, -0.05) is 6.07 Å². The standard InChI is InChI=1S/C11H9F2NO2/c12-9-2-1-7(4-10(9)13)3-8(6-14)5-11(15)16/h1-2,4,8H,3,5H2,(H,15,16). The number of carboxylic acid groups (broad SMARTS) is 1. The first kappa shape index (κ1) is 12.1. The molecular weight excluding hydrogens is 216 g/mol. The van der Waals surface area contributed by atoms with Crippen LogP contribution in [0.1, 0.15) is 12.0 Å². The van der Waals surface area contributed by atoms with E-state index >= 15 is 0 Å². The third-order valence-electron chi connectivity index (χ3n) is 2.07. The molecule has 1 rings (SSSR count). The maximum Gasteiger partial charge on any atom is 0.304 e. The van der Waals surface area contributed by atoms with Crippen LogP contribution in [-0.2, 0) is 11.2 Å². The molecule has 1 unspecified atom stereocenters. The molecule has 0 aromatic heterocycles. The third-order valence-corrected chi connectivity index (χ3v) is 2.07. The third kappa shape index (κ3) is 3.31. The fourth-order valence-electron chi connectivity index (χ4n) is 1.33. The van der Waals surface area contributed by atoms with E-state index < -0.39 is 23.5 Å². The van der Waals surface area contributed by atoms with Crippen LogP contribution in [0.25, 0.3) is 0 Å². The normalized spacial score (nSPS) is 11.8. The zero-order chi connectivity index (χ0) is 12.1. The van der Waals surface area contributed by atoms with E-state index in [1.807, 2.05) is 6.07 Å². The lowest BCUT2D eigenvalue weighted by atomic mass is 9.97. The Balaban J connectivity index is 2.75. The minimum Gasteiger partial charge on any atom is -0.481 e. The van der Waals surface area contributed by atoms with Crippen LogP contribution in [0.2, 0.25) is 0 Å². The second-order valence-electron chi connectivity index (χ2n) is 3.38. The molecule has 0 spiro atoms. The number of halogens is 2. The molecular formula is C11H9F2NO2. The van der Waals surface area contributed by atoms with Crippen molar-refractivity contribution in [2.45, 2.75) is 12.8 Å². The molecule has 5 heteroatoms. The van der Waals surface area contributed by atoms with Gasteiger partial charge in [-0.3, -0.25) is 4.79 Å². The summed E-state index contributed by atoms with van der Waals surface area (Å²) in [4.78, 5) is 10.4. The number of carbonyl (C=O) groups is 1. The highest BCUT2D eigenvalue weighted by Gasteiger charge is 2.14. The minimum atomic E-state index is -1.09. The fourth-order valence-corrected chi connectivity index (χ4v) is 1.33. The Hall–Kier alpha value is -1.96. The van der Waals surface area contributed by atoms with Crippen LogP contribution in [0.15, 0.2) is 18.2 Å². The van der Waals surface area contributed by atoms with Gasteiger partial charge < -0.3 is 5.11 Å². The topological polar surface area (TPSA) is 61.1 Å². The summed E-state index contributed by atoms with van der Waals surface area (Å²) < 4.78 is 25.4. The van der Waals surface area contributed by atoms with E-state index in [-0.39, 0.29) is 12.8 Å². The average Bonchev–Trinajstić information content (AvgIpc) is 2.22. The van der Waals surface area contributed by atoms with Crippen molar-refractivity contribution in [1.82, 2.24) is 0 Å². The zero-order valence-electron chi connectivity index (χ0n) is 8.28. The van der Waals surface area contributed by atoms with E-state index in [1.165, 1.54) is 6.07 Å². The minimum absolute atomic E-state index is 0.0972. The highest BCUT2D eigenvalue weighted by molar-refractivity contribution is 5.67. The second kappa shape index (κ2) is 5.21. The van der Waals surface area contributed by atoms with Gasteiger partial charge in [-0.15, -0.1) is 0 Å². The molecule has 0 saturated heterocycles. The molecule has 1 aromatic rings. The van der Waals surface area contributed by atoms with E-state index in [0.29, 0.717) is 5.56 Å². The smallest absolute Gasteiger partial charge is 0.304 e. The predicted molar refractivity (Wildman–Crippen MR) is 51.4 cm³/mol. The van der Waals surface area contributed by atoms with Crippen molar-refractivity contribution in [2.75, 3.05) is 0 Å². The van der Waals surface area contributed by atoms with E-state index in [1.54, 1.807) is 0 Å². The molecule has 1 atom stereocenters. The van der Waals surface area contributed by atoms with Gasteiger partial charge >= 0.3 is 5.97 Å². The molecule has 0 saturated carbocycles. The van der Waals surface area contributed by atoms with Crippen LogP contribution < -0.4 is 0 Å². The van der Waals surface area contributed by atoms with Crippen LogP contribution in [0.3, 0.4) is 0 Å². The van der Waals surface area contributed by atoms with Crippen molar-refractivity contribution >= 4 is 5.97 Å². The number of carboxylic acids is 1. The van der Waals surface area contributed by atoms with E-state index in [9.17, 15) is 13.6 Å². The van der Waals surface area contributed by atoms with Crippen molar-refractivity contribution in [3.63, 3.8) is 0 Å². The first-order valence-corrected chi connectivity index (χ1v) is 4.58. The van der Waals surface area contributed by atoms with Crippen molar-refractivity contribution in [3.8, 4) is 6.07 Å². The average molecular weight is 225 g/mol. The first-order chi connectivity index (χ1) is 7.52. The van der Waals surface area contributed by atoms with Gasteiger partial charge in [0.1, 0.15) is 0 Å². The number of rotatable bonds is 4.